The van der Waals surface area contributed by atoms with Crippen LogP contribution in [0.3, 0.4) is 0 Å². The smallest absolute Gasteiger partial charge is 0.235 e. The highest BCUT2D eigenvalue weighted by molar-refractivity contribution is 6.02. The molecule has 138 valence electrons. The second-order valence-corrected chi connectivity index (χ2v) is 7.20. The molecule has 5 heterocycles. The van der Waals surface area contributed by atoms with Crippen molar-refractivity contribution in [2.45, 2.75) is 25.2 Å². The molecule has 5 rings (SSSR count). The molecule has 2 amide bonds. The van der Waals surface area contributed by atoms with Crippen molar-refractivity contribution < 1.29 is 18.8 Å². The van der Waals surface area contributed by atoms with Gasteiger partial charge < -0.3 is 14.6 Å². The van der Waals surface area contributed by atoms with E-state index in [-0.39, 0.29) is 17.9 Å². The fourth-order valence-corrected chi connectivity index (χ4v) is 4.28. The molecule has 3 aliphatic rings. The summed E-state index contributed by atoms with van der Waals surface area (Å²) in [5, 5.41) is 6.86. The van der Waals surface area contributed by atoms with Crippen LogP contribution in [0, 0.1) is 18.8 Å². The van der Waals surface area contributed by atoms with E-state index in [9.17, 15) is 9.59 Å². The topological polar surface area (TPSA) is 97.6 Å². The Hall–Kier alpha value is -3.00. The van der Waals surface area contributed by atoms with Gasteiger partial charge in [-0.25, -0.2) is 0 Å². The van der Waals surface area contributed by atoms with Gasteiger partial charge in [-0.05, 0) is 18.6 Å². The monoisotopic (exact) mass is 366 g/mol. The number of amides is 2. The minimum atomic E-state index is -0.773. The number of aryl methyl sites for hydroxylation is 1. The molecule has 1 N–H and O–H groups in total. The van der Waals surface area contributed by atoms with E-state index in [0.29, 0.717) is 24.7 Å². The normalized spacial score (nSPS) is 30.8. The van der Waals surface area contributed by atoms with Crippen LogP contribution in [-0.4, -0.2) is 40.2 Å². The standard InChI is InChI=1S/C19H18N4O4/c1-11-7-14(22-27-11)23-10-19-5-4-13(26-19)15(16(19)18(23)25)17(24)21-9-12-3-2-6-20-8-12/h2-8,13,15-16H,9-10H2,1H3,(H,21,24)/t13-,15-,16-,19-/m1/s1. The molecule has 4 atom stereocenters. The molecular weight excluding hydrogens is 348 g/mol. The van der Waals surface area contributed by atoms with Crippen LogP contribution >= 0.6 is 0 Å². The van der Waals surface area contributed by atoms with Crippen LogP contribution in [-0.2, 0) is 20.9 Å². The third-order valence-electron chi connectivity index (χ3n) is 5.48. The van der Waals surface area contributed by atoms with Gasteiger partial charge in [-0.2, -0.15) is 0 Å². The number of nitrogens with one attached hydrogen (secondary N) is 1. The van der Waals surface area contributed by atoms with Crippen LogP contribution in [0.2, 0.25) is 0 Å². The zero-order valence-electron chi connectivity index (χ0n) is 14.7. The van der Waals surface area contributed by atoms with Gasteiger partial charge in [0, 0.05) is 25.0 Å². The quantitative estimate of drug-likeness (QED) is 0.810. The number of fused-ring (bicyclic) bond motifs is 1. The molecule has 0 saturated carbocycles. The lowest BCUT2D eigenvalue weighted by Crippen LogP contribution is -2.44. The second kappa shape index (κ2) is 5.75. The van der Waals surface area contributed by atoms with Crippen molar-refractivity contribution in [1.82, 2.24) is 15.5 Å². The number of nitrogens with zero attached hydrogens (tertiary/aromatic N) is 3. The van der Waals surface area contributed by atoms with Crippen molar-refractivity contribution in [3.05, 3.63) is 54.1 Å². The number of hydrogen-bond donors (Lipinski definition) is 1. The molecule has 0 unspecified atom stereocenters. The maximum Gasteiger partial charge on any atom is 0.235 e. The van der Waals surface area contributed by atoms with Crippen LogP contribution < -0.4 is 10.2 Å². The largest absolute Gasteiger partial charge is 0.360 e. The molecule has 2 saturated heterocycles. The summed E-state index contributed by atoms with van der Waals surface area (Å²) in [5.74, 6) is -0.381. The molecule has 2 aromatic heterocycles. The molecular formula is C19H18N4O4. The van der Waals surface area contributed by atoms with Gasteiger partial charge in [0.15, 0.2) is 5.82 Å². The van der Waals surface area contributed by atoms with Crippen LogP contribution in [0.4, 0.5) is 5.82 Å². The average Bonchev–Trinajstić information content (AvgIpc) is 3.42. The van der Waals surface area contributed by atoms with Crippen molar-refractivity contribution in [1.29, 1.82) is 0 Å². The van der Waals surface area contributed by atoms with Crippen molar-refractivity contribution in [3.63, 3.8) is 0 Å². The molecule has 3 aliphatic heterocycles. The van der Waals surface area contributed by atoms with Gasteiger partial charge in [0.25, 0.3) is 0 Å². The van der Waals surface area contributed by atoms with E-state index in [1.807, 2.05) is 24.3 Å². The van der Waals surface area contributed by atoms with Gasteiger partial charge in [-0.3, -0.25) is 19.5 Å². The Balaban J connectivity index is 1.38. The summed E-state index contributed by atoms with van der Waals surface area (Å²) in [4.78, 5) is 31.6. The highest BCUT2D eigenvalue weighted by Gasteiger charge is 2.67. The van der Waals surface area contributed by atoms with Gasteiger partial charge in [-0.1, -0.05) is 23.4 Å². The zero-order valence-corrected chi connectivity index (χ0v) is 14.7. The van der Waals surface area contributed by atoms with Gasteiger partial charge in [0.1, 0.15) is 11.4 Å². The van der Waals surface area contributed by atoms with Gasteiger partial charge in [-0.15, -0.1) is 0 Å². The first kappa shape index (κ1) is 16.2. The minimum Gasteiger partial charge on any atom is -0.360 e. The molecule has 0 aliphatic carbocycles. The average molecular weight is 366 g/mol. The predicted molar refractivity (Wildman–Crippen MR) is 93.4 cm³/mol. The van der Waals surface area contributed by atoms with Crippen LogP contribution in [0.1, 0.15) is 11.3 Å². The Bertz CT molecular complexity index is 940. The number of carbonyl (C=O) groups is 2. The van der Waals surface area contributed by atoms with Crippen LogP contribution in [0.15, 0.2) is 47.3 Å². The number of carbonyl (C=O) groups excluding carboxylic acids is 2. The van der Waals surface area contributed by atoms with E-state index in [1.165, 1.54) is 0 Å². The summed E-state index contributed by atoms with van der Waals surface area (Å²) in [6.45, 7) is 2.47. The SMILES string of the molecule is Cc1cc(N2C[C@@]34C=C[C@@H](O3)[C@@H](C(=O)NCc3cccnc3)[C@@H]4C2=O)no1. The number of aromatic nitrogens is 2. The van der Waals surface area contributed by atoms with Crippen molar-refractivity contribution >= 4 is 17.6 Å². The summed E-state index contributed by atoms with van der Waals surface area (Å²) in [7, 11) is 0. The molecule has 8 nitrogen and oxygen atoms in total. The first-order chi connectivity index (χ1) is 13.1. The van der Waals surface area contributed by atoms with E-state index >= 15 is 0 Å². The zero-order chi connectivity index (χ0) is 18.6. The molecule has 2 fully saturated rings. The van der Waals surface area contributed by atoms with Gasteiger partial charge >= 0.3 is 0 Å². The summed E-state index contributed by atoms with van der Waals surface area (Å²) in [6.07, 6.45) is 6.80. The van der Waals surface area contributed by atoms with E-state index in [2.05, 4.69) is 15.5 Å². The van der Waals surface area contributed by atoms with Crippen molar-refractivity contribution in [3.8, 4) is 0 Å². The first-order valence-electron chi connectivity index (χ1n) is 8.86. The summed E-state index contributed by atoms with van der Waals surface area (Å²) in [6, 6.07) is 5.42. The Morgan fingerprint density at radius 2 is 2.37 bits per heavy atom. The number of anilines is 1. The van der Waals surface area contributed by atoms with Gasteiger partial charge in [0.2, 0.25) is 11.8 Å². The number of rotatable bonds is 4. The summed E-state index contributed by atoms with van der Waals surface area (Å²) < 4.78 is 11.2. The van der Waals surface area contributed by atoms with Crippen molar-refractivity contribution in [2.24, 2.45) is 11.8 Å². The fraction of sp³-hybridized carbons (Fsp3) is 0.368. The molecule has 27 heavy (non-hydrogen) atoms. The number of hydrogen-bond acceptors (Lipinski definition) is 6. The van der Waals surface area contributed by atoms with Crippen LogP contribution in [0.5, 0.6) is 0 Å². The van der Waals surface area contributed by atoms with Crippen LogP contribution in [0.25, 0.3) is 0 Å². The Morgan fingerprint density at radius 3 is 3.11 bits per heavy atom. The van der Waals surface area contributed by atoms with E-state index in [1.54, 1.807) is 30.3 Å². The first-order valence-corrected chi connectivity index (χ1v) is 8.86. The lowest BCUT2D eigenvalue weighted by molar-refractivity contribution is -0.132. The second-order valence-electron chi connectivity index (χ2n) is 7.20. The minimum absolute atomic E-state index is 0.156. The van der Waals surface area contributed by atoms with E-state index in [4.69, 9.17) is 9.26 Å². The highest BCUT2D eigenvalue weighted by atomic mass is 16.5. The highest BCUT2D eigenvalue weighted by Crippen LogP contribution is 2.52. The maximum atomic E-state index is 13.1. The molecule has 0 radical (unpaired) electrons. The predicted octanol–water partition coefficient (Wildman–Crippen LogP) is 0.981. The third-order valence-corrected chi connectivity index (χ3v) is 5.48. The molecule has 2 bridgehead atoms. The molecule has 8 heteroatoms. The van der Waals surface area contributed by atoms with Crippen molar-refractivity contribution in [2.75, 3.05) is 11.4 Å². The maximum absolute atomic E-state index is 13.1. The molecule has 1 spiro atoms. The van der Waals surface area contributed by atoms with E-state index in [0.717, 1.165) is 5.56 Å². The Labute approximate surface area is 155 Å². The number of ether oxygens (including phenoxy) is 1. The Kier molecular flexibility index (Phi) is 3.45. The number of pyridine rings is 1. The Morgan fingerprint density at radius 1 is 1.48 bits per heavy atom. The molecule has 2 aromatic rings. The van der Waals surface area contributed by atoms with E-state index < -0.39 is 17.4 Å². The molecule has 0 aromatic carbocycles. The third kappa shape index (κ3) is 2.40. The summed E-state index contributed by atoms with van der Waals surface area (Å²) in [5.41, 5.74) is 0.128. The lowest BCUT2D eigenvalue weighted by Gasteiger charge is -2.23. The fourth-order valence-electron chi connectivity index (χ4n) is 4.28. The van der Waals surface area contributed by atoms with Gasteiger partial charge in [0.05, 0.1) is 24.5 Å². The summed E-state index contributed by atoms with van der Waals surface area (Å²) >= 11 is 0. The lowest BCUT2D eigenvalue weighted by atomic mass is 9.77.